The van der Waals surface area contributed by atoms with E-state index in [1.54, 1.807) is 35.2 Å². The van der Waals surface area contributed by atoms with E-state index in [1.807, 2.05) is 39.8 Å². The monoisotopic (exact) mass is 412 g/mol. The van der Waals surface area contributed by atoms with Crippen molar-refractivity contribution >= 4 is 23.5 Å². The summed E-state index contributed by atoms with van der Waals surface area (Å²) >= 11 is 0. The molecule has 0 heterocycles. The Morgan fingerprint density at radius 3 is 2.20 bits per heavy atom. The number of benzene rings is 2. The second kappa shape index (κ2) is 11.0. The molecular formula is C23H28N2O5. The van der Waals surface area contributed by atoms with Crippen molar-refractivity contribution < 1.29 is 23.9 Å². The normalized spacial score (nSPS) is 10.3. The van der Waals surface area contributed by atoms with E-state index in [-0.39, 0.29) is 12.5 Å². The molecule has 0 spiro atoms. The third-order valence-corrected chi connectivity index (χ3v) is 4.51. The summed E-state index contributed by atoms with van der Waals surface area (Å²) in [4.78, 5) is 37.8. The number of hydrogen-bond donors (Lipinski definition) is 1. The van der Waals surface area contributed by atoms with E-state index in [0.29, 0.717) is 30.1 Å². The van der Waals surface area contributed by atoms with Crippen molar-refractivity contribution in [3.8, 4) is 5.75 Å². The van der Waals surface area contributed by atoms with E-state index < -0.39 is 18.5 Å². The highest BCUT2D eigenvalue weighted by molar-refractivity contribution is 5.96. The fraction of sp³-hybridized carbons (Fsp3) is 0.348. The summed E-state index contributed by atoms with van der Waals surface area (Å²) in [6.07, 6.45) is 0. The highest BCUT2D eigenvalue weighted by Gasteiger charge is 2.13. The van der Waals surface area contributed by atoms with Crippen LogP contribution in [-0.4, -0.2) is 49.0 Å². The quantitative estimate of drug-likeness (QED) is 0.639. The highest BCUT2D eigenvalue weighted by Crippen LogP contribution is 2.18. The minimum absolute atomic E-state index is 0.0596. The van der Waals surface area contributed by atoms with E-state index in [0.717, 1.165) is 11.1 Å². The lowest BCUT2D eigenvalue weighted by Crippen LogP contribution is -2.30. The summed E-state index contributed by atoms with van der Waals surface area (Å²) < 4.78 is 10.4. The van der Waals surface area contributed by atoms with Gasteiger partial charge in [0.2, 0.25) is 0 Å². The van der Waals surface area contributed by atoms with Gasteiger partial charge in [-0.05, 0) is 63.6 Å². The maximum Gasteiger partial charge on any atom is 0.344 e. The molecule has 0 saturated carbocycles. The van der Waals surface area contributed by atoms with Gasteiger partial charge in [-0.1, -0.05) is 17.7 Å². The number of nitrogens with one attached hydrogen (secondary N) is 1. The highest BCUT2D eigenvalue weighted by atomic mass is 16.6. The number of rotatable bonds is 9. The van der Waals surface area contributed by atoms with Gasteiger partial charge in [0.1, 0.15) is 5.75 Å². The fourth-order valence-corrected chi connectivity index (χ4v) is 2.87. The van der Waals surface area contributed by atoms with Gasteiger partial charge in [-0.2, -0.15) is 0 Å². The first-order valence-electron chi connectivity index (χ1n) is 9.88. The van der Waals surface area contributed by atoms with Gasteiger partial charge in [-0.3, -0.25) is 9.59 Å². The molecular weight excluding hydrogens is 384 g/mol. The van der Waals surface area contributed by atoms with Gasteiger partial charge in [-0.25, -0.2) is 4.79 Å². The first kappa shape index (κ1) is 22.9. The van der Waals surface area contributed by atoms with Crippen LogP contribution in [0.1, 0.15) is 35.3 Å². The SMILES string of the molecule is CCN(CC)C(=O)c1ccc(NC(=O)COC(=O)COc2ccc(C)cc2C)cc1. The Labute approximate surface area is 177 Å². The number of aryl methyl sites for hydroxylation is 2. The molecule has 2 aromatic rings. The van der Waals surface area contributed by atoms with Crippen molar-refractivity contribution in [2.75, 3.05) is 31.6 Å². The maximum absolute atomic E-state index is 12.3. The average Bonchev–Trinajstić information content (AvgIpc) is 2.73. The number of anilines is 1. The average molecular weight is 412 g/mol. The zero-order valence-electron chi connectivity index (χ0n) is 17.9. The second-order valence-corrected chi connectivity index (χ2v) is 6.82. The van der Waals surface area contributed by atoms with Crippen molar-refractivity contribution in [2.24, 2.45) is 0 Å². The predicted octanol–water partition coefficient (Wildman–Crippen LogP) is 3.35. The third kappa shape index (κ3) is 6.62. The van der Waals surface area contributed by atoms with Crippen LogP contribution in [0.15, 0.2) is 42.5 Å². The Morgan fingerprint density at radius 1 is 0.933 bits per heavy atom. The summed E-state index contributed by atoms with van der Waals surface area (Å²) in [6, 6.07) is 12.2. The zero-order valence-corrected chi connectivity index (χ0v) is 17.9. The molecule has 0 atom stereocenters. The first-order valence-corrected chi connectivity index (χ1v) is 9.88. The Balaban J connectivity index is 1.78. The van der Waals surface area contributed by atoms with Crippen LogP contribution >= 0.6 is 0 Å². The van der Waals surface area contributed by atoms with Gasteiger partial charge in [0.05, 0.1) is 0 Å². The van der Waals surface area contributed by atoms with E-state index in [9.17, 15) is 14.4 Å². The molecule has 0 aromatic heterocycles. The predicted molar refractivity (Wildman–Crippen MR) is 115 cm³/mol. The number of hydrogen-bond acceptors (Lipinski definition) is 5. The van der Waals surface area contributed by atoms with Crippen molar-refractivity contribution in [1.29, 1.82) is 0 Å². The molecule has 30 heavy (non-hydrogen) atoms. The minimum Gasteiger partial charge on any atom is -0.482 e. The molecule has 7 heteroatoms. The molecule has 2 amide bonds. The molecule has 0 aliphatic heterocycles. The smallest absolute Gasteiger partial charge is 0.344 e. The lowest BCUT2D eigenvalue weighted by molar-refractivity contribution is -0.149. The Bertz CT molecular complexity index is 889. The number of amides is 2. The lowest BCUT2D eigenvalue weighted by atomic mass is 10.1. The fourth-order valence-electron chi connectivity index (χ4n) is 2.87. The lowest BCUT2D eigenvalue weighted by Gasteiger charge is -2.18. The van der Waals surface area contributed by atoms with Crippen LogP contribution in [0.3, 0.4) is 0 Å². The molecule has 0 aliphatic carbocycles. The number of esters is 1. The second-order valence-electron chi connectivity index (χ2n) is 6.82. The molecule has 0 fully saturated rings. The third-order valence-electron chi connectivity index (χ3n) is 4.51. The summed E-state index contributed by atoms with van der Waals surface area (Å²) in [6.45, 7) is 8.27. The van der Waals surface area contributed by atoms with Crippen molar-refractivity contribution in [2.45, 2.75) is 27.7 Å². The van der Waals surface area contributed by atoms with E-state index >= 15 is 0 Å². The standard InChI is InChI=1S/C23H28N2O5/c1-5-25(6-2)23(28)18-8-10-19(11-9-18)24-21(26)14-30-22(27)15-29-20-12-7-16(3)13-17(20)4/h7-13H,5-6,14-15H2,1-4H3,(H,24,26). The maximum atomic E-state index is 12.3. The van der Waals surface area contributed by atoms with Gasteiger partial charge in [0.25, 0.3) is 11.8 Å². The summed E-state index contributed by atoms with van der Waals surface area (Å²) in [5, 5.41) is 2.63. The van der Waals surface area contributed by atoms with Crippen LogP contribution < -0.4 is 10.1 Å². The van der Waals surface area contributed by atoms with Crippen LogP contribution in [0, 0.1) is 13.8 Å². The Hall–Kier alpha value is -3.35. The number of ether oxygens (including phenoxy) is 2. The van der Waals surface area contributed by atoms with Gasteiger partial charge < -0.3 is 19.7 Å². The van der Waals surface area contributed by atoms with E-state index in [1.165, 1.54) is 0 Å². The molecule has 0 saturated heterocycles. The zero-order chi connectivity index (χ0) is 22.1. The molecule has 0 unspecified atom stereocenters. The number of carbonyl (C=O) groups excluding carboxylic acids is 3. The largest absolute Gasteiger partial charge is 0.482 e. The van der Waals surface area contributed by atoms with Crippen molar-refractivity contribution in [3.63, 3.8) is 0 Å². The first-order chi connectivity index (χ1) is 14.3. The molecule has 0 aliphatic rings. The van der Waals surface area contributed by atoms with E-state index in [2.05, 4.69) is 5.32 Å². The Kier molecular flexibility index (Phi) is 8.41. The molecule has 7 nitrogen and oxygen atoms in total. The van der Waals surface area contributed by atoms with Crippen LogP contribution in [0.25, 0.3) is 0 Å². The molecule has 0 bridgehead atoms. The van der Waals surface area contributed by atoms with Crippen LogP contribution in [0.4, 0.5) is 5.69 Å². The molecule has 1 N–H and O–H groups in total. The summed E-state index contributed by atoms with van der Waals surface area (Å²) in [7, 11) is 0. The molecule has 0 radical (unpaired) electrons. The van der Waals surface area contributed by atoms with Crippen molar-refractivity contribution in [1.82, 2.24) is 4.90 Å². The summed E-state index contributed by atoms with van der Waals surface area (Å²) in [5.74, 6) is -0.569. The van der Waals surface area contributed by atoms with Crippen LogP contribution in [-0.2, 0) is 14.3 Å². The van der Waals surface area contributed by atoms with Crippen LogP contribution in [0.2, 0.25) is 0 Å². The van der Waals surface area contributed by atoms with Gasteiger partial charge in [-0.15, -0.1) is 0 Å². The number of nitrogens with zero attached hydrogens (tertiary/aromatic N) is 1. The number of carbonyl (C=O) groups is 3. The topological polar surface area (TPSA) is 84.9 Å². The van der Waals surface area contributed by atoms with Gasteiger partial charge in [0, 0.05) is 24.3 Å². The molecule has 160 valence electrons. The van der Waals surface area contributed by atoms with Gasteiger partial charge >= 0.3 is 5.97 Å². The minimum atomic E-state index is -0.634. The van der Waals surface area contributed by atoms with E-state index in [4.69, 9.17) is 9.47 Å². The van der Waals surface area contributed by atoms with Gasteiger partial charge in [0.15, 0.2) is 13.2 Å². The Morgan fingerprint density at radius 2 is 1.60 bits per heavy atom. The molecule has 2 aromatic carbocycles. The van der Waals surface area contributed by atoms with Crippen molar-refractivity contribution in [3.05, 3.63) is 59.2 Å². The van der Waals surface area contributed by atoms with Crippen LogP contribution in [0.5, 0.6) is 5.75 Å². The summed E-state index contributed by atoms with van der Waals surface area (Å²) in [5.41, 5.74) is 3.08. The molecule has 2 rings (SSSR count).